The topological polar surface area (TPSA) is 70.0 Å². The van der Waals surface area contributed by atoms with Crippen LogP contribution in [-0.2, 0) is 9.84 Å². The maximum atomic E-state index is 14.4. The van der Waals surface area contributed by atoms with E-state index in [4.69, 9.17) is 4.42 Å². The number of para-hydroxylation sites is 4. The number of pyridine rings is 1. The molecule has 4 aromatic heterocycles. The highest BCUT2D eigenvalue weighted by Crippen LogP contribution is 2.38. The third-order valence-corrected chi connectivity index (χ3v) is 11.2. The second kappa shape index (κ2) is 9.91. The third-order valence-electron chi connectivity index (χ3n) is 9.40. The minimum atomic E-state index is -3.86. The predicted molar refractivity (Wildman–Crippen MR) is 192 cm³/mol. The fourth-order valence-electron chi connectivity index (χ4n) is 7.23. The number of nitrogens with zero attached hydrogens (tertiary/aromatic N) is 3. The van der Waals surface area contributed by atoms with Crippen molar-refractivity contribution < 1.29 is 12.8 Å². The summed E-state index contributed by atoms with van der Waals surface area (Å²) in [5.74, 6) is 0. The molecule has 0 unspecified atom stereocenters. The molecule has 0 aliphatic rings. The van der Waals surface area contributed by atoms with Crippen LogP contribution in [-0.4, -0.2) is 22.5 Å². The molecule has 0 N–H and O–H groups in total. The second-order valence-electron chi connectivity index (χ2n) is 12.0. The van der Waals surface area contributed by atoms with Crippen LogP contribution in [0.5, 0.6) is 0 Å². The molecule has 0 atom stereocenters. The summed E-state index contributed by atoms with van der Waals surface area (Å²) in [5, 5.41) is 5.64. The molecule has 0 aliphatic heterocycles. The van der Waals surface area contributed by atoms with Gasteiger partial charge >= 0.3 is 0 Å². The van der Waals surface area contributed by atoms with Crippen molar-refractivity contribution in [3.63, 3.8) is 0 Å². The van der Waals surface area contributed by atoms with Gasteiger partial charge < -0.3 is 13.6 Å². The molecule has 6 aromatic carbocycles. The van der Waals surface area contributed by atoms with Crippen LogP contribution in [0.25, 0.3) is 77.1 Å². The van der Waals surface area contributed by atoms with Gasteiger partial charge in [-0.25, -0.2) is 13.4 Å². The molecule has 6 nitrogen and oxygen atoms in total. The maximum Gasteiger partial charge on any atom is 0.227 e. The largest absolute Gasteiger partial charge is 0.438 e. The van der Waals surface area contributed by atoms with E-state index in [1.165, 1.54) is 0 Å². The van der Waals surface area contributed by atoms with Gasteiger partial charge in [0.2, 0.25) is 15.6 Å². The van der Waals surface area contributed by atoms with Crippen LogP contribution < -0.4 is 0 Å². The van der Waals surface area contributed by atoms with Crippen molar-refractivity contribution in [2.24, 2.45) is 0 Å². The Hall–Kier alpha value is -6.18. The molecule has 10 aromatic rings. The molecule has 0 saturated carbocycles. The second-order valence-corrected chi connectivity index (χ2v) is 14.0. The Balaban J connectivity index is 1.15. The van der Waals surface area contributed by atoms with Gasteiger partial charge in [-0.2, -0.15) is 0 Å². The third kappa shape index (κ3) is 3.79. The summed E-state index contributed by atoms with van der Waals surface area (Å²) in [6.45, 7) is 0. The monoisotopic (exact) mass is 639 g/mol. The maximum absolute atomic E-state index is 14.4. The minimum absolute atomic E-state index is 0.249. The molecule has 4 heterocycles. The van der Waals surface area contributed by atoms with E-state index >= 15 is 0 Å². The van der Waals surface area contributed by atoms with Crippen LogP contribution in [0.3, 0.4) is 0 Å². The molecular formula is C41H25N3O3S. The Kier molecular flexibility index (Phi) is 5.57. The standard InChI is InChI=1S/C41H25N3O3S/c45-48(46,28-18-20-38-33(23-28)30-12-4-7-15-36(30)43(38)26-10-2-1-3-11-26)29-19-21-39-34(24-29)31-13-5-8-16-37(31)44(39)27-22-35-32-14-6-9-17-40(32)47-41(35)42-25-27/h1-25H. The fourth-order valence-corrected chi connectivity index (χ4v) is 8.54. The van der Waals surface area contributed by atoms with E-state index in [1.807, 2.05) is 103 Å². The van der Waals surface area contributed by atoms with Crippen LogP contribution in [0, 0.1) is 0 Å². The smallest absolute Gasteiger partial charge is 0.227 e. The van der Waals surface area contributed by atoms with E-state index in [1.54, 1.807) is 18.2 Å². The van der Waals surface area contributed by atoms with Gasteiger partial charge in [0.1, 0.15) is 5.58 Å². The van der Waals surface area contributed by atoms with Crippen molar-refractivity contribution in [3.8, 4) is 11.4 Å². The first-order valence-corrected chi connectivity index (χ1v) is 17.2. The van der Waals surface area contributed by atoms with Gasteiger partial charge in [0, 0.05) is 32.6 Å². The highest BCUT2D eigenvalue weighted by molar-refractivity contribution is 7.91. The Morgan fingerprint density at radius 2 is 0.979 bits per heavy atom. The van der Waals surface area contributed by atoms with Crippen LogP contribution in [0.15, 0.2) is 166 Å². The highest BCUT2D eigenvalue weighted by atomic mass is 32.2. The Morgan fingerprint density at radius 1 is 0.458 bits per heavy atom. The van der Waals surface area contributed by atoms with Crippen molar-refractivity contribution >= 4 is 75.5 Å². The zero-order valence-corrected chi connectivity index (χ0v) is 26.2. The molecule has 48 heavy (non-hydrogen) atoms. The summed E-state index contributed by atoms with van der Waals surface area (Å²) < 4.78 is 39.0. The van der Waals surface area contributed by atoms with E-state index in [0.717, 1.165) is 71.3 Å². The van der Waals surface area contributed by atoms with Gasteiger partial charge in [-0.3, -0.25) is 0 Å². The van der Waals surface area contributed by atoms with Crippen molar-refractivity contribution in [1.82, 2.24) is 14.1 Å². The molecular weight excluding hydrogens is 615 g/mol. The van der Waals surface area contributed by atoms with E-state index in [0.29, 0.717) is 5.71 Å². The number of hydrogen-bond acceptors (Lipinski definition) is 4. The number of rotatable bonds is 4. The molecule has 10 rings (SSSR count). The number of hydrogen-bond donors (Lipinski definition) is 0. The zero-order valence-electron chi connectivity index (χ0n) is 25.4. The van der Waals surface area contributed by atoms with Gasteiger partial charge in [0.05, 0.1) is 49.1 Å². The average molecular weight is 640 g/mol. The lowest BCUT2D eigenvalue weighted by atomic mass is 10.1. The van der Waals surface area contributed by atoms with Crippen molar-refractivity contribution in [1.29, 1.82) is 0 Å². The van der Waals surface area contributed by atoms with E-state index in [2.05, 4.69) is 44.5 Å². The summed E-state index contributed by atoms with van der Waals surface area (Å²) in [7, 11) is -3.86. The minimum Gasteiger partial charge on any atom is -0.438 e. The molecule has 0 amide bonds. The van der Waals surface area contributed by atoms with Crippen LogP contribution in [0.1, 0.15) is 0 Å². The molecule has 0 fully saturated rings. The lowest BCUT2D eigenvalue weighted by Crippen LogP contribution is -2.02. The summed E-state index contributed by atoms with van der Waals surface area (Å²) in [5.41, 5.74) is 7.11. The lowest BCUT2D eigenvalue weighted by Gasteiger charge is -2.09. The first-order valence-electron chi connectivity index (χ1n) is 15.7. The van der Waals surface area contributed by atoms with E-state index < -0.39 is 9.84 Å². The number of sulfone groups is 1. The summed E-state index contributed by atoms with van der Waals surface area (Å²) in [4.78, 5) is 5.18. The van der Waals surface area contributed by atoms with Gasteiger partial charge in [-0.1, -0.05) is 72.8 Å². The van der Waals surface area contributed by atoms with Gasteiger partial charge in [-0.15, -0.1) is 0 Å². The Labute approximate surface area is 274 Å². The van der Waals surface area contributed by atoms with Gasteiger partial charge in [0.25, 0.3) is 0 Å². The number of furan rings is 1. The zero-order chi connectivity index (χ0) is 32.0. The number of fused-ring (bicyclic) bond motifs is 9. The van der Waals surface area contributed by atoms with Gasteiger partial charge in [-0.05, 0) is 72.8 Å². The molecule has 0 radical (unpaired) electrons. The van der Waals surface area contributed by atoms with Crippen molar-refractivity contribution in [2.45, 2.75) is 9.79 Å². The molecule has 0 bridgehead atoms. The fraction of sp³-hybridized carbons (Fsp3) is 0. The van der Waals surface area contributed by atoms with Crippen LogP contribution in [0.2, 0.25) is 0 Å². The summed E-state index contributed by atoms with van der Waals surface area (Å²) in [6, 6.07) is 47.2. The molecule has 228 valence electrons. The average Bonchev–Trinajstić information content (AvgIpc) is 3.79. The first kappa shape index (κ1) is 27.0. The quantitative estimate of drug-likeness (QED) is 0.192. The van der Waals surface area contributed by atoms with Crippen LogP contribution >= 0.6 is 0 Å². The van der Waals surface area contributed by atoms with E-state index in [9.17, 15) is 8.42 Å². The first-order chi connectivity index (χ1) is 23.6. The lowest BCUT2D eigenvalue weighted by molar-refractivity contribution is 0.596. The number of benzene rings is 6. The molecule has 7 heteroatoms. The van der Waals surface area contributed by atoms with Crippen molar-refractivity contribution in [2.75, 3.05) is 0 Å². The summed E-state index contributed by atoms with van der Waals surface area (Å²) >= 11 is 0. The Morgan fingerprint density at radius 3 is 1.62 bits per heavy atom. The Bertz CT molecular complexity index is 3030. The van der Waals surface area contributed by atoms with Gasteiger partial charge in [0.15, 0.2) is 0 Å². The van der Waals surface area contributed by atoms with E-state index in [-0.39, 0.29) is 9.79 Å². The summed E-state index contributed by atoms with van der Waals surface area (Å²) in [6.07, 6.45) is 1.81. The normalized spacial score (nSPS) is 12.3. The molecule has 0 spiro atoms. The number of aromatic nitrogens is 3. The molecule has 0 aliphatic carbocycles. The van der Waals surface area contributed by atoms with Crippen molar-refractivity contribution in [3.05, 3.63) is 152 Å². The predicted octanol–water partition coefficient (Wildman–Crippen LogP) is 10.0. The SMILES string of the molecule is O=S(=O)(c1ccc2c(c1)c1ccccc1n2-c1ccccc1)c1ccc2c(c1)c1ccccc1n2-c1cnc2oc3ccccc3c2c1. The molecule has 0 saturated heterocycles. The van der Waals surface area contributed by atoms with Crippen LogP contribution in [0.4, 0.5) is 0 Å². The highest BCUT2D eigenvalue weighted by Gasteiger charge is 2.23.